The Morgan fingerprint density at radius 3 is 2.76 bits per heavy atom. The third-order valence-electron chi connectivity index (χ3n) is 2.26. The van der Waals surface area contributed by atoms with E-state index in [-0.39, 0.29) is 6.61 Å². The lowest BCUT2D eigenvalue weighted by Crippen LogP contribution is -2.01. The van der Waals surface area contributed by atoms with Crippen LogP contribution in [0, 0.1) is 13.8 Å². The monoisotopic (exact) mass is 250 g/mol. The van der Waals surface area contributed by atoms with Gasteiger partial charge in [-0.25, -0.2) is 4.98 Å². The summed E-state index contributed by atoms with van der Waals surface area (Å²) in [6.07, 6.45) is 0. The molecule has 0 radical (unpaired) electrons. The summed E-state index contributed by atoms with van der Waals surface area (Å²) in [5.74, 6) is 0.615. The average Bonchev–Trinajstić information content (AvgIpc) is 2.73. The van der Waals surface area contributed by atoms with Gasteiger partial charge in [0, 0.05) is 11.1 Å². The van der Waals surface area contributed by atoms with E-state index in [0.717, 1.165) is 16.4 Å². The maximum atomic E-state index is 9.19. The van der Waals surface area contributed by atoms with E-state index >= 15 is 0 Å². The Bertz CT molecular complexity index is 511. The van der Waals surface area contributed by atoms with Crippen molar-refractivity contribution in [3.63, 3.8) is 0 Å². The van der Waals surface area contributed by atoms with Crippen LogP contribution in [-0.2, 0) is 13.2 Å². The van der Waals surface area contributed by atoms with E-state index in [4.69, 9.17) is 4.74 Å². The van der Waals surface area contributed by atoms with Gasteiger partial charge in [-0.15, -0.1) is 11.3 Å². The Morgan fingerprint density at radius 1 is 1.29 bits per heavy atom. The second-order valence-corrected chi connectivity index (χ2v) is 4.76. The maximum Gasteiger partial charge on any atom is 0.143 e. The van der Waals surface area contributed by atoms with Crippen LogP contribution in [-0.4, -0.2) is 15.1 Å². The van der Waals surface area contributed by atoms with Gasteiger partial charge in [-0.3, -0.25) is 4.98 Å². The lowest BCUT2D eigenvalue weighted by Gasteiger charge is -2.08. The van der Waals surface area contributed by atoms with Crippen LogP contribution in [0.4, 0.5) is 0 Å². The molecule has 0 aliphatic heterocycles. The number of hydrogen-bond donors (Lipinski definition) is 1. The van der Waals surface area contributed by atoms with Crippen LogP contribution in [0.25, 0.3) is 0 Å². The molecule has 0 aromatic carbocycles. The van der Waals surface area contributed by atoms with E-state index in [2.05, 4.69) is 9.97 Å². The molecule has 0 bridgehead atoms. The molecule has 0 aliphatic rings. The van der Waals surface area contributed by atoms with Crippen molar-refractivity contribution in [3.05, 3.63) is 39.6 Å². The van der Waals surface area contributed by atoms with Crippen molar-refractivity contribution in [1.29, 1.82) is 0 Å². The van der Waals surface area contributed by atoms with Crippen LogP contribution >= 0.6 is 11.3 Å². The van der Waals surface area contributed by atoms with E-state index in [0.29, 0.717) is 18.1 Å². The molecule has 17 heavy (non-hydrogen) atoms. The number of aryl methyl sites for hydroxylation is 2. The molecule has 0 spiro atoms. The fourth-order valence-electron chi connectivity index (χ4n) is 1.47. The third-order valence-corrected chi connectivity index (χ3v) is 3.09. The van der Waals surface area contributed by atoms with Crippen molar-refractivity contribution >= 4 is 11.3 Å². The van der Waals surface area contributed by atoms with Gasteiger partial charge in [0.15, 0.2) is 0 Å². The van der Waals surface area contributed by atoms with Crippen LogP contribution in [0.1, 0.15) is 22.1 Å². The average molecular weight is 250 g/mol. The van der Waals surface area contributed by atoms with Gasteiger partial charge >= 0.3 is 0 Å². The van der Waals surface area contributed by atoms with Gasteiger partial charge in [0.2, 0.25) is 0 Å². The van der Waals surface area contributed by atoms with E-state index in [9.17, 15) is 5.11 Å². The SMILES string of the molecule is Cc1ccc(OCc2csc(C)n2)c(CO)n1. The fraction of sp³-hybridized carbons (Fsp3) is 0.333. The highest BCUT2D eigenvalue weighted by atomic mass is 32.1. The first-order valence-corrected chi connectivity index (χ1v) is 6.18. The highest BCUT2D eigenvalue weighted by Gasteiger charge is 2.06. The zero-order valence-corrected chi connectivity index (χ0v) is 10.6. The number of rotatable bonds is 4. The van der Waals surface area contributed by atoms with Crippen LogP contribution in [0.2, 0.25) is 0 Å². The smallest absolute Gasteiger partial charge is 0.143 e. The van der Waals surface area contributed by atoms with Crippen molar-refractivity contribution in [2.45, 2.75) is 27.1 Å². The first-order chi connectivity index (χ1) is 8.19. The van der Waals surface area contributed by atoms with Crippen LogP contribution < -0.4 is 4.74 Å². The van der Waals surface area contributed by atoms with Crippen molar-refractivity contribution < 1.29 is 9.84 Å². The summed E-state index contributed by atoms with van der Waals surface area (Å²) in [5, 5.41) is 12.2. The summed E-state index contributed by atoms with van der Waals surface area (Å²) in [4.78, 5) is 8.53. The number of hydrogen-bond acceptors (Lipinski definition) is 5. The fourth-order valence-corrected chi connectivity index (χ4v) is 2.07. The molecule has 5 heteroatoms. The molecule has 1 N–H and O–H groups in total. The molecule has 0 fully saturated rings. The molecular formula is C12H14N2O2S. The highest BCUT2D eigenvalue weighted by molar-refractivity contribution is 7.09. The quantitative estimate of drug-likeness (QED) is 0.904. The third kappa shape index (κ3) is 3.01. The lowest BCUT2D eigenvalue weighted by atomic mass is 10.3. The summed E-state index contributed by atoms with van der Waals surface area (Å²) in [5.41, 5.74) is 2.33. The molecule has 0 saturated heterocycles. The Balaban J connectivity index is 2.08. The number of pyridine rings is 1. The van der Waals surface area contributed by atoms with E-state index in [1.165, 1.54) is 0 Å². The Labute approximate surface area is 104 Å². The van der Waals surface area contributed by atoms with E-state index in [1.54, 1.807) is 11.3 Å². The van der Waals surface area contributed by atoms with Gasteiger partial charge < -0.3 is 9.84 Å². The molecule has 90 valence electrons. The second-order valence-electron chi connectivity index (χ2n) is 3.70. The standard InChI is InChI=1S/C12H14N2O2S/c1-8-3-4-12(11(5-15)13-8)16-6-10-7-17-9(2)14-10/h3-4,7,15H,5-6H2,1-2H3. The molecule has 2 rings (SSSR count). The molecular weight excluding hydrogens is 236 g/mol. The maximum absolute atomic E-state index is 9.19. The lowest BCUT2D eigenvalue weighted by molar-refractivity contribution is 0.252. The van der Waals surface area contributed by atoms with Crippen molar-refractivity contribution in [2.24, 2.45) is 0 Å². The summed E-state index contributed by atoms with van der Waals surface area (Å²) in [6, 6.07) is 3.69. The summed E-state index contributed by atoms with van der Waals surface area (Å²) in [7, 11) is 0. The summed E-state index contributed by atoms with van der Waals surface area (Å²) < 4.78 is 5.60. The normalized spacial score (nSPS) is 10.5. The van der Waals surface area contributed by atoms with Crippen molar-refractivity contribution in [3.8, 4) is 5.75 Å². The molecule has 0 amide bonds. The molecule has 2 aromatic rings. The highest BCUT2D eigenvalue weighted by Crippen LogP contribution is 2.19. The van der Waals surface area contributed by atoms with Gasteiger partial charge in [-0.1, -0.05) is 0 Å². The molecule has 2 aromatic heterocycles. The topological polar surface area (TPSA) is 55.2 Å². The predicted octanol–water partition coefficient (Wildman–Crippen LogP) is 2.23. The van der Waals surface area contributed by atoms with Crippen molar-refractivity contribution in [2.75, 3.05) is 0 Å². The molecule has 4 nitrogen and oxygen atoms in total. The molecule has 0 atom stereocenters. The van der Waals surface area contributed by atoms with Gasteiger partial charge in [0.1, 0.15) is 18.1 Å². The Kier molecular flexibility index (Phi) is 3.71. The number of aliphatic hydroxyl groups is 1. The van der Waals surface area contributed by atoms with Gasteiger partial charge in [-0.05, 0) is 26.0 Å². The van der Waals surface area contributed by atoms with Crippen LogP contribution in [0.15, 0.2) is 17.5 Å². The second kappa shape index (κ2) is 5.25. The summed E-state index contributed by atoms with van der Waals surface area (Å²) >= 11 is 1.60. The minimum absolute atomic E-state index is 0.118. The predicted molar refractivity (Wildman–Crippen MR) is 66.1 cm³/mol. The van der Waals surface area contributed by atoms with Crippen LogP contribution in [0.5, 0.6) is 5.75 Å². The van der Waals surface area contributed by atoms with Gasteiger partial charge in [0.05, 0.1) is 17.3 Å². The molecule has 0 aliphatic carbocycles. The first-order valence-electron chi connectivity index (χ1n) is 5.30. The van der Waals surface area contributed by atoms with E-state index in [1.807, 2.05) is 31.4 Å². The zero-order valence-electron chi connectivity index (χ0n) is 9.80. The number of ether oxygens (including phenoxy) is 1. The number of aliphatic hydroxyl groups excluding tert-OH is 1. The van der Waals surface area contributed by atoms with Gasteiger partial charge in [0.25, 0.3) is 0 Å². The number of nitrogens with zero attached hydrogens (tertiary/aromatic N) is 2. The molecule has 2 heterocycles. The minimum atomic E-state index is -0.118. The molecule has 0 saturated carbocycles. The first kappa shape index (κ1) is 12.0. The van der Waals surface area contributed by atoms with Crippen LogP contribution in [0.3, 0.4) is 0 Å². The molecule has 0 unspecified atom stereocenters. The van der Waals surface area contributed by atoms with E-state index < -0.39 is 0 Å². The summed E-state index contributed by atoms with van der Waals surface area (Å²) in [6.45, 7) is 4.13. The Hall–Kier alpha value is -1.46. The van der Waals surface area contributed by atoms with Crippen molar-refractivity contribution in [1.82, 2.24) is 9.97 Å². The zero-order chi connectivity index (χ0) is 12.3. The number of aromatic nitrogens is 2. The number of thiazole rings is 1. The minimum Gasteiger partial charge on any atom is -0.485 e. The Morgan fingerprint density at radius 2 is 2.12 bits per heavy atom. The van der Waals surface area contributed by atoms with Gasteiger partial charge in [-0.2, -0.15) is 0 Å². The largest absolute Gasteiger partial charge is 0.485 e.